The van der Waals surface area contributed by atoms with Crippen LogP contribution in [0.5, 0.6) is 0 Å². The van der Waals surface area contributed by atoms with E-state index in [1.165, 1.54) is 22.7 Å². The van der Waals surface area contributed by atoms with Crippen molar-refractivity contribution in [2.75, 3.05) is 19.8 Å². The molecule has 1 atom stereocenters. The molecule has 9 heteroatoms. The van der Waals surface area contributed by atoms with Crippen LogP contribution >= 0.6 is 0 Å². The van der Waals surface area contributed by atoms with Gasteiger partial charge in [-0.05, 0) is 44.0 Å². The number of allylic oxidation sites excluding steroid dienone is 3. The van der Waals surface area contributed by atoms with Gasteiger partial charge < -0.3 is 9.73 Å². The lowest BCUT2D eigenvalue weighted by Crippen LogP contribution is -2.44. The zero-order valence-corrected chi connectivity index (χ0v) is 20.3. The van der Waals surface area contributed by atoms with Crippen LogP contribution < -0.4 is 16.1 Å². The molecule has 1 aliphatic carbocycles. The standard InChI is InChI=1S/C25H28FN3O4S/c1-16-5-4-6-17(13-16)15-29(34(3,31)32)22-12-11-20-21(14-23(30)27-2)24(33-25(20)28-22)18-7-9-19(26)10-8-18/h5,7-11,13,22H,4,6,12,14-15H2,1-3H3,(H,27,30). The smallest absolute Gasteiger partial charge is 0.224 e. The van der Waals surface area contributed by atoms with E-state index in [2.05, 4.69) is 16.4 Å². The highest BCUT2D eigenvalue weighted by molar-refractivity contribution is 7.88. The maximum absolute atomic E-state index is 13.5. The number of hydrogen-bond donors (Lipinski definition) is 1. The van der Waals surface area contributed by atoms with Gasteiger partial charge in [0.2, 0.25) is 21.5 Å². The van der Waals surface area contributed by atoms with Crippen LogP contribution in [0.2, 0.25) is 0 Å². The molecule has 2 aliphatic rings. The topological polar surface area (TPSA) is 92.0 Å². The molecule has 0 radical (unpaired) electrons. The fourth-order valence-corrected chi connectivity index (χ4v) is 5.31. The van der Waals surface area contributed by atoms with Crippen LogP contribution in [0.25, 0.3) is 17.4 Å². The molecule has 0 bridgehead atoms. The van der Waals surface area contributed by atoms with Crippen LogP contribution in [0, 0.1) is 5.82 Å². The number of sulfonamides is 1. The average Bonchev–Trinajstić information content (AvgIpc) is 3.14. The molecule has 1 aromatic carbocycles. The van der Waals surface area contributed by atoms with Crippen LogP contribution in [0.1, 0.15) is 31.7 Å². The fourth-order valence-electron chi connectivity index (χ4n) is 4.33. The number of carbonyl (C=O) groups is 1. The van der Waals surface area contributed by atoms with Crippen LogP contribution in [-0.4, -0.2) is 44.6 Å². The molecule has 0 saturated heterocycles. The number of rotatable bonds is 7. The molecule has 34 heavy (non-hydrogen) atoms. The van der Waals surface area contributed by atoms with Crippen LogP contribution in [0.3, 0.4) is 0 Å². The van der Waals surface area contributed by atoms with Gasteiger partial charge in [-0.15, -0.1) is 0 Å². The third-order valence-electron chi connectivity index (χ3n) is 6.03. The molecule has 0 saturated carbocycles. The Morgan fingerprint density at radius 1 is 1.26 bits per heavy atom. The van der Waals surface area contributed by atoms with Crippen molar-refractivity contribution >= 4 is 22.0 Å². The molecule has 2 aromatic rings. The lowest BCUT2D eigenvalue weighted by molar-refractivity contribution is -0.119. The first kappa shape index (κ1) is 24.1. The number of carbonyl (C=O) groups excluding carboxylic acids is 1. The van der Waals surface area contributed by atoms with Gasteiger partial charge in [0.25, 0.3) is 0 Å². The second-order valence-electron chi connectivity index (χ2n) is 8.63. The minimum atomic E-state index is -3.56. The van der Waals surface area contributed by atoms with Gasteiger partial charge in [0.05, 0.1) is 12.7 Å². The van der Waals surface area contributed by atoms with E-state index >= 15 is 0 Å². The SMILES string of the molecule is CNC(=O)Cc1c(-c2ccc(F)cc2)oc2c1=CCC(N(CC1=CC(C)=CCC1)S(C)(=O)=O)N=2. The predicted molar refractivity (Wildman–Crippen MR) is 128 cm³/mol. The Morgan fingerprint density at radius 2 is 2.00 bits per heavy atom. The molecule has 1 aromatic heterocycles. The lowest BCUT2D eigenvalue weighted by atomic mass is 10.00. The number of benzene rings is 1. The maximum Gasteiger partial charge on any atom is 0.224 e. The van der Waals surface area contributed by atoms with Crippen molar-refractivity contribution in [1.29, 1.82) is 0 Å². The van der Waals surface area contributed by atoms with Gasteiger partial charge in [-0.3, -0.25) is 4.79 Å². The highest BCUT2D eigenvalue weighted by atomic mass is 32.2. The van der Waals surface area contributed by atoms with E-state index < -0.39 is 16.2 Å². The fraction of sp³-hybridized carbons (Fsp3) is 0.360. The molecule has 2 heterocycles. The molecule has 1 aliphatic heterocycles. The van der Waals surface area contributed by atoms with Gasteiger partial charge in [0, 0.05) is 36.4 Å². The Kier molecular flexibility index (Phi) is 6.86. The van der Waals surface area contributed by atoms with Gasteiger partial charge in [0.15, 0.2) is 0 Å². The summed E-state index contributed by atoms with van der Waals surface area (Å²) in [6.07, 6.45) is 8.67. The lowest BCUT2D eigenvalue weighted by Gasteiger charge is -2.28. The molecule has 180 valence electrons. The summed E-state index contributed by atoms with van der Waals surface area (Å²) in [4.78, 5) is 16.9. The van der Waals surface area contributed by atoms with Gasteiger partial charge in [0.1, 0.15) is 17.7 Å². The van der Waals surface area contributed by atoms with E-state index in [9.17, 15) is 17.6 Å². The molecule has 0 spiro atoms. The van der Waals surface area contributed by atoms with E-state index in [1.54, 1.807) is 19.2 Å². The van der Waals surface area contributed by atoms with Crippen LogP contribution in [-0.2, 0) is 21.2 Å². The van der Waals surface area contributed by atoms with Gasteiger partial charge in [-0.1, -0.05) is 29.4 Å². The summed E-state index contributed by atoms with van der Waals surface area (Å²) >= 11 is 0. The van der Waals surface area contributed by atoms with Gasteiger partial charge in [-0.2, -0.15) is 4.31 Å². The molecule has 1 amide bonds. The van der Waals surface area contributed by atoms with E-state index in [-0.39, 0.29) is 30.2 Å². The van der Waals surface area contributed by atoms with E-state index in [0.717, 1.165) is 24.0 Å². The number of hydrogen-bond acceptors (Lipinski definition) is 5. The van der Waals surface area contributed by atoms with Crippen molar-refractivity contribution in [2.45, 2.75) is 38.8 Å². The summed E-state index contributed by atoms with van der Waals surface area (Å²) in [5, 5.41) is 3.28. The Hall–Kier alpha value is -3.04. The summed E-state index contributed by atoms with van der Waals surface area (Å²) in [7, 11) is -2.00. The van der Waals surface area contributed by atoms with E-state index in [4.69, 9.17) is 4.42 Å². The summed E-state index contributed by atoms with van der Waals surface area (Å²) in [6.45, 7) is 2.26. The number of halogens is 1. The predicted octanol–water partition coefficient (Wildman–Crippen LogP) is 2.43. The molecule has 1 unspecified atom stereocenters. The van der Waals surface area contributed by atoms with Crippen LogP contribution in [0.15, 0.2) is 57.0 Å². The summed E-state index contributed by atoms with van der Waals surface area (Å²) in [5.41, 5.74) is 3.70. The maximum atomic E-state index is 13.5. The number of nitrogens with one attached hydrogen (secondary N) is 1. The Balaban J connectivity index is 1.77. The Morgan fingerprint density at radius 3 is 2.65 bits per heavy atom. The average molecular weight is 486 g/mol. The molecule has 1 N–H and O–H groups in total. The number of amides is 1. The molecular weight excluding hydrogens is 457 g/mol. The zero-order valence-electron chi connectivity index (χ0n) is 19.5. The number of furan rings is 1. The second-order valence-corrected chi connectivity index (χ2v) is 10.6. The summed E-state index contributed by atoms with van der Waals surface area (Å²) < 4.78 is 46.3. The van der Waals surface area contributed by atoms with Crippen molar-refractivity contribution in [3.63, 3.8) is 0 Å². The highest BCUT2D eigenvalue weighted by Crippen LogP contribution is 2.25. The van der Waals surface area contributed by atoms with Crippen molar-refractivity contribution in [3.8, 4) is 11.3 Å². The minimum Gasteiger partial charge on any atom is -0.438 e. The first-order valence-electron chi connectivity index (χ1n) is 11.1. The largest absolute Gasteiger partial charge is 0.438 e. The molecule has 4 rings (SSSR count). The van der Waals surface area contributed by atoms with Crippen molar-refractivity contribution in [2.24, 2.45) is 4.99 Å². The first-order valence-corrected chi connectivity index (χ1v) is 13.0. The third-order valence-corrected chi connectivity index (χ3v) is 7.26. The number of likely N-dealkylation sites (N-methyl/N-ethyl adjacent to an activating group) is 1. The highest BCUT2D eigenvalue weighted by Gasteiger charge is 2.30. The number of fused-ring (bicyclic) bond motifs is 1. The Bertz CT molecular complexity index is 1390. The van der Waals surface area contributed by atoms with Gasteiger partial charge >= 0.3 is 0 Å². The number of nitrogens with zero attached hydrogens (tertiary/aromatic N) is 2. The first-order chi connectivity index (χ1) is 16.2. The van der Waals surface area contributed by atoms with Crippen molar-refractivity contribution in [3.05, 3.63) is 69.7 Å². The summed E-state index contributed by atoms with van der Waals surface area (Å²) in [6, 6.07) is 5.81. The third kappa shape index (κ3) is 5.20. The van der Waals surface area contributed by atoms with Gasteiger partial charge in [-0.25, -0.2) is 17.8 Å². The normalized spacial score (nSPS) is 17.9. The minimum absolute atomic E-state index is 0.0625. The molecule has 0 fully saturated rings. The second kappa shape index (κ2) is 9.68. The monoisotopic (exact) mass is 485 g/mol. The zero-order chi connectivity index (χ0) is 24.5. The van der Waals surface area contributed by atoms with Crippen LogP contribution in [0.4, 0.5) is 4.39 Å². The summed E-state index contributed by atoms with van der Waals surface area (Å²) in [5.74, 6) is -0.154. The van der Waals surface area contributed by atoms with Crippen molar-refractivity contribution in [1.82, 2.24) is 9.62 Å². The Labute approximate surface area is 198 Å². The molecule has 7 nitrogen and oxygen atoms in total. The van der Waals surface area contributed by atoms with E-state index in [1.807, 2.05) is 19.1 Å². The quantitative estimate of drug-likeness (QED) is 0.652. The van der Waals surface area contributed by atoms with E-state index in [0.29, 0.717) is 28.5 Å². The molecular formula is C25H28FN3O4S. The van der Waals surface area contributed by atoms with Crippen molar-refractivity contribution < 1.29 is 22.0 Å².